The van der Waals surface area contributed by atoms with Crippen LogP contribution in [0.1, 0.15) is 17.4 Å². The Morgan fingerprint density at radius 3 is 2.61 bits per heavy atom. The van der Waals surface area contributed by atoms with Gasteiger partial charge in [-0.15, -0.1) is 17.9 Å². The molecule has 4 amide bonds. The summed E-state index contributed by atoms with van der Waals surface area (Å²) < 4.78 is 5.79. The van der Waals surface area contributed by atoms with E-state index in [4.69, 9.17) is 16.3 Å². The van der Waals surface area contributed by atoms with E-state index < -0.39 is 23.4 Å². The molecule has 1 aromatic heterocycles. The van der Waals surface area contributed by atoms with E-state index in [1.165, 1.54) is 11.3 Å². The molecule has 1 fully saturated rings. The van der Waals surface area contributed by atoms with Crippen molar-refractivity contribution in [2.24, 2.45) is 0 Å². The molecule has 3 rings (SSSR count). The third-order valence-electron chi connectivity index (χ3n) is 4.86. The van der Waals surface area contributed by atoms with Crippen LogP contribution in [-0.4, -0.2) is 48.0 Å². The van der Waals surface area contributed by atoms with Crippen LogP contribution in [0.15, 0.2) is 49.1 Å². The van der Waals surface area contributed by atoms with Crippen molar-refractivity contribution in [2.45, 2.75) is 19.0 Å². The van der Waals surface area contributed by atoms with Crippen LogP contribution in [0.25, 0.3) is 0 Å². The number of urea groups is 1. The van der Waals surface area contributed by atoms with Crippen LogP contribution in [0.2, 0.25) is 4.34 Å². The van der Waals surface area contributed by atoms with Crippen molar-refractivity contribution in [3.63, 3.8) is 0 Å². The molecule has 8 nitrogen and oxygen atoms in total. The molecule has 31 heavy (non-hydrogen) atoms. The topological polar surface area (TPSA) is 91.0 Å². The number of nitrogens with one attached hydrogen (secondary N) is 2. The summed E-state index contributed by atoms with van der Waals surface area (Å²) in [6, 6.07) is 9.77. The van der Waals surface area contributed by atoms with Gasteiger partial charge < -0.3 is 10.1 Å². The summed E-state index contributed by atoms with van der Waals surface area (Å²) in [7, 11) is 1.54. The number of carbonyl (C=O) groups is 3. The summed E-state index contributed by atoms with van der Waals surface area (Å²) in [5, 5.41) is 3.37. The fourth-order valence-electron chi connectivity index (χ4n) is 3.25. The van der Waals surface area contributed by atoms with E-state index in [0.29, 0.717) is 28.7 Å². The second-order valence-electron chi connectivity index (χ2n) is 7.12. The molecule has 0 saturated carbocycles. The first-order valence-electron chi connectivity index (χ1n) is 9.45. The number of carbonyl (C=O) groups excluding carboxylic acids is 3. The van der Waals surface area contributed by atoms with Crippen molar-refractivity contribution in [1.82, 2.24) is 20.7 Å². The monoisotopic (exact) mass is 462 g/mol. The van der Waals surface area contributed by atoms with Gasteiger partial charge in [0.15, 0.2) is 0 Å². The summed E-state index contributed by atoms with van der Waals surface area (Å²) >= 11 is 7.39. The molecule has 0 spiro atoms. The van der Waals surface area contributed by atoms with Crippen molar-refractivity contribution in [2.75, 3.05) is 20.2 Å². The number of hydrogen-bond acceptors (Lipinski definition) is 6. The molecule has 2 aromatic rings. The summed E-state index contributed by atoms with van der Waals surface area (Å²) in [4.78, 5) is 40.9. The lowest BCUT2D eigenvalue weighted by atomic mass is 9.92. The zero-order valence-electron chi connectivity index (χ0n) is 17.2. The minimum Gasteiger partial charge on any atom is -0.497 e. The molecule has 2 N–H and O–H groups in total. The highest BCUT2D eigenvalue weighted by Crippen LogP contribution is 2.29. The molecule has 1 aromatic carbocycles. The van der Waals surface area contributed by atoms with Gasteiger partial charge in [0.2, 0.25) is 0 Å². The molecule has 1 saturated heterocycles. The second-order valence-corrected chi connectivity index (χ2v) is 8.92. The third-order valence-corrected chi connectivity index (χ3v) is 6.07. The zero-order valence-corrected chi connectivity index (χ0v) is 18.8. The summed E-state index contributed by atoms with van der Waals surface area (Å²) in [5.74, 6) is -0.438. The predicted molar refractivity (Wildman–Crippen MR) is 119 cm³/mol. The lowest BCUT2D eigenvalue weighted by Gasteiger charge is -2.23. The average molecular weight is 463 g/mol. The number of ether oxygens (including phenoxy) is 1. The highest BCUT2D eigenvalue weighted by atomic mass is 35.5. The Kier molecular flexibility index (Phi) is 6.99. The second kappa shape index (κ2) is 9.51. The van der Waals surface area contributed by atoms with Gasteiger partial charge in [-0.2, -0.15) is 5.01 Å². The Labute approximate surface area is 189 Å². The quantitative estimate of drug-likeness (QED) is 0.441. The number of benzene rings is 1. The number of nitrogens with zero attached hydrogens (tertiary/aromatic N) is 2. The molecule has 0 aliphatic carbocycles. The third kappa shape index (κ3) is 5.07. The minimum absolute atomic E-state index is 0.0299. The Morgan fingerprint density at radius 2 is 2.03 bits per heavy atom. The van der Waals surface area contributed by atoms with Crippen LogP contribution in [0.4, 0.5) is 4.79 Å². The molecule has 0 bridgehead atoms. The van der Waals surface area contributed by atoms with E-state index in [9.17, 15) is 14.4 Å². The maximum atomic E-state index is 13.0. The first-order chi connectivity index (χ1) is 14.8. The number of hydrazine groups is 1. The Hall–Kier alpha value is -2.88. The van der Waals surface area contributed by atoms with E-state index in [2.05, 4.69) is 17.3 Å². The highest BCUT2D eigenvalue weighted by molar-refractivity contribution is 7.16. The van der Waals surface area contributed by atoms with Crippen molar-refractivity contribution < 1.29 is 19.1 Å². The van der Waals surface area contributed by atoms with Gasteiger partial charge >= 0.3 is 6.03 Å². The van der Waals surface area contributed by atoms with E-state index in [1.807, 2.05) is 11.0 Å². The molecule has 1 aliphatic heterocycles. The molecule has 1 aliphatic rings. The molecule has 1 atom stereocenters. The number of methoxy groups -OCH3 is 1. The van der Waals surface area contributed by atoms with Crippen molar-refractivity contribution in [3.05, 3.63) is 63.8 Å². The van der Waals surface area contributed by atoms with Crippen LogP contribution in [0, 0.1) is 0 Å². The van der Waals surface area contributed by atoms with Crippen LogP contribution < -0.4 is 15.5 Å². The van der Waals surface area contributed by atoms with Crippen LogP contribution in [0.3, 0.4) is 0 Å². The lowest BCUT2D eigenvalue weighted by Crippen LogP contribution is -2.50. The number of rotatable bonds is 9. The van der Waals surface area contributed by atoms with E-state index in [1.54, 1.807) is 50.4 Å². The zero-order chi connectivity index (χ0) is 22.6. The van der Waals surface area contributed by atoms with Gasteiger partial charge in [-0.05, 0) is 36.8 Å². The highest BCUT2D eigenvalue weighted by Gasteiger charge is 2.50. The molecule has 164 valence electrons. The van der Waals surface area contributed by atoms with Gasteiger partial charge in [0.1, 0.15) is 11.3 Å². The molecule has 0 radical (unpaired) electrons. The van der Waals surface area contributed by atoms with Crippen molar-refractivity contribution >= 4 is 40.8 Å². The van der Waals surface area contributed by atoms with Crippen molar-refractivity contribution in [3.8, 4) is 5.75 Å². The normalized spacial score (nSPS) is 18.3. The van der Waals surface area contributed by atoms with Gasteiger partial charge in [0.25, 0.3) is 11.8 Å². The molecular weight excluding hydrogens is 440 g/mol. The van der Waals surface area contributed by atoms with Gasteiger partial charge in [-0.25, -0.2) is 4.79 Å². The number of hydrogen-bond donors (Lipinski definition) is 2. The van der Waals surface area contributed by atoms with Gasteiger partial charge in [0, 0.05) is 18.0 Å². The number of amides is 4. The van der Waals surface area contributed by atoms with Crippen LogP contribution in [0.5, 0.6) is 5.75 Å². The molecule has 1 unspecified atom stereocenters. The maximum absolute atomic E-state index is 13.0. The van der Waals surface area contributed by atoms with Crippen LogP contribution in [-0.2, 0) is 21.7 Å². The minimum atomic E-state index is -1.30. The standard InChI is InChI=1S/C21H23ClN4O4S/c1-4-11-25(12-16-9-10-17(22)31-16)13-18(27)24-26-19(28)21(2,23-20(26)29)14-5-7-15(30-3)8-6-14/h4-10H,1,11-13H2,2-3H3,(H,23,29)(H,24,27). The summed E-state index contributed by atoms with van der Waals surface area (Å²) in [6.45, 7) is 6.21. The van der Waals surface area contributed by atoms with Gasteiger partial charge in [0.05, 0.1) is 18.0 Å². The fraction of sp³-hybridized carbons (Fsp3) is 0.286. The predicted octanol–water partition coefficient (Wildman–Crippen LogP) is 2.90. The molecule has 2 heterocycles. The largest absolute Gasteiger partial charge is 0.497 e. The smallest absolute Gasteiger partial charge is 0.344 e. The fourth-order valence-corrected chi connectivity index (χ4v) is 4.38. The van der Waals surface area contributed by atoms with Gasteiger partial charge in [-0.3, -0.25) is 19.9 Å². The first-order valence-corrected chi connectivity index (χ1v) is 10.6. The van der Waals surface area contributed by atoms with E-state index in [-0.39, 0.29) is 6.54 Å². The average Bonchev–Trinajstić information content (AvgIpc) is 3.24. The number of halogens is 1. The molecular formula is C21H23ClN4O4S. The Balaban J connectivity index is 1.67. The number of thiophene rings is 1. The molecule has 10 heteroatoms. The SMILES string of the molecule is C=CCN(CC(=O)NN1C(=O)NC(C)(c2ccc(OC)cc2)C1=O)Cc1ccc(Cl)s1. The number of imide groups is 1. The maximum Gasteiger partial charge on any atom is 0.344 e. The van der Waals surface area contributed by atoms with Crippen molar-refractivity contribution in [1.29, 1.82) is 0 Å². The van der Waals surface area contributed by atoms with E-state index in [0.717, 1.165) is 9.89 Å². The van der Waals surface area contributed by atoms with E-state index >= 15 is 0 Å². The van der Waals surface area contributed by atoms with Gasteiger partial charge in [-0.1, -0.05) is 29.8 Å². The van der Waals surface area contributed by atoms with Crippen LogP contribution >= 0.6 is 22.9 Å². The summed E-state index contributed by atoms with van der Waals surface area (Å²) in [6.07, 6.45) is 1.68. The lowest BCUT2D eigenvalue weighted by molar-refractivity contribution is -0.139. The first kappa shape index (κ1) is 22.8. The Bertz CT molecular complexity index is 994. The summed E-state index contributed by atoms with van der Waals surface area (Å²) in [5.41, 5.74) is 1.69. The Morgan fingerprint density at radius 1 is 1.32 bits per heavy atom.